The normalized spacial score (nSPS) is 17.0. The van der Waals surface area contributed by atoms with Gasteiger partial charge in [-0.2, -0.15) is 0 Å². The number of hydrogen-bond acceptors (Lipinski definition) is 8. The Hall–Kier alpha value is -3.57. The Morgan fingerprint density at radius 2 is 1.79 bits per heavy atom. The number of fused-ring (bicyclic) bond motifs is 1. The third-order valence-corrected chi connectivity index (χ3v) is 6.95. The number of aromatic nitrogens is 1. The second kappa shape index (κ2) is 9.12. The first kappa shape index (κ1) is 22.6. The molecule has 33 heavy (non-hydrogen) atoms. The molecule has 2 aromatic carbocycles. The molecule has 0 unspecified atom stereocenters. The molecule has 0 saturated heterocycles. The maximum absolute atomic E-state index is 12.5. The Balaban J connectivity index is 1.38. The van der Waals surface area contributed by atoms with E-state index in [1.807, 2.05) is 35.7 Å². The van der Waals surface area contributed by atoms with Crippen LogP contribution >= 0.6 is 11.3 Å². The van der Waals surface area contributed by atoms with E-state index in [2.05, 4.69) is 20.0 Å². The van der Waals surface area contributed by atoms with Crippen molar-refractivity contribution in [3.8, 4) is 11.3 Å². The zero-order valence-electron chi connectivity index (χ0n) is 17.7. The standard InChI is InChI=1S/C22H20N4O5S2/c1-13(23-19-16-10-6-7-11-18(16)33(29,30)26-19)21(28)31-14(2)20(27)25-22-24-17(12-32-22)15-8-4-3-5-9-15/h3-14H,1-2H3,(H,23,26)(H,24,25,27)/t13-,14+/m1/s1. The number of rotatable bonds is 6. The van der Waals surface area contributed by atoms with E-state index in [1.165, 1.54) is 31.3 Å². The Morgan fingerprint density at radius 1 is 1.09 bits per heavy atom. The minimum absolute atomic E-state index is 0.0587. The van der Waals surface area contributed by atoms with Gasteiger partial charge < -0.3 is 4.74 Å². The molecular formula is C22H20N4O5S2. The molecule has 0 fully saturated rings. The maximum atomic E-state index is 12.5. The van der Waals surface area contributed by atoms with Gasteiger partial charge in [-0.15, -0.1) is 11.3 Å². The Kier molecular flexibility index (Phi) is 6.25. The summed E-state index contributed by atoms with van der Waals surface area (Å²) in [6, 6.07) is 14.8. The number of benzene rings is 2. The van der Waals surface area contributed by atoms with Crippen molar-refractivity contribution in [2.75, 3.05) is 5.32 Å². The van der Waals surface area contributed by atoms with Gasteiger partial charge in [0, 0.05) is 16.5 Å². The third-order valence-electron chi connectivity index (χ3n) is 4.79. The molecule has 1 amide bonds. The predicted octanol–water partition coefficient (Wildman–Crippen LogP) is 2.81. The lowest BCUT2D eigenvalue weighted by molar-refractivity contribution is -0.153. The van der Waals surface area contributed by atoms with Crippen LogP contribution in [0, 0.1) is 0 Å². The van der Waals surface area contributed by atoms with E-state index < -0.39 is 34.0 Å². The van der Waals surface area contributed by atoms with Gasteiger partial charge in [0.05, 0.1) is 10.6 Å². The van der Waals surface area contributed by atoms with E-state index in [0.29, 0.717) is 10.7 Å². The minimum atomic E-state index is -3.72. The Labute approximate surface area is 194 Å². The van der Waals surface area contributed by atoms with Crippen molar-refractivity contribution in [1.29, 1.82) is 0 Å². The molecule has 1 aliphatic heterocycles. The molecule has 0 radical (unpaired) electrons. The quantitative estimate of drug-likeness (QED) is 0.518. The van der Waals surface area contributed by atoms with E-state index >= 15 is 0 Å². The van der Waals surface area contributed by atoms with E-state index in [9.17, 15) is 18.0 Å². The van der Waals surface area contributed by atoms with Crippen LogP contribution in [0.4, 0.5) is 5.13 Å². The van der Waals surface area contributed by atoms with Crippen LogP contribution in [-0.4, -0.2) is 43.3 Å². The van der Waals surface area contributed by atoms with Crippen molar-refractivity contribution < 1.29 is 22.7 Å². The summed E-state index contributed by atoms with van der Waals surface area (Å²) in [5.74, 6) is -1.25. The van der Waals surface area contributed by atoms with Gasteiger partial charge in [0.15, 0.2) is 11.2 Å². The van der Waals surface area contributed by atoms with Crippen LogP contribution in [0.2, 0.25) is 0 Å². The van der Waals surface area contributed by atoms with Crippen LogP contribution in [0.5, 0.6) is 0 Å². The summed E-state index contributed by atoms with van der Waals surface area (Å²) in [7, 11) is -3.72. The first-order valence-electron chi connectivity index (χ1n) is 9.97. The summed E-state index contributed by atoms with van der Waals surface area (Å²) in [6.45, 7) is 2.90. The zero-order chi connectivity index (χ0) is 23.6. The number of nitrogens with zero attached hydrogens (tertiary/aromatic N) is 2. The maximum Gasteiger partial charge on any atom is 0.331 e. The Morgan fingerprint density at radius 3 is 2.55 bits per heavy atom. The van der Waals surface area contributed by atoms with Crippen LogP contribution in [0.15, 0.2) is 69.9 Å². The summed E-state index contributed by atoms with van der Waals surface area (Å²) in [4.78, 5) is 33.6. The van der Waals surface area contributed by atoms with Gasteiger partial charge in [0.1, 0.15) is 11.9 Å². The highest BCUT2D eigenvalue weighted by Gasteiger charge is 2.31. The zero-order valence-corrected chi connectivity index (χ0v) is 19.3. The average molecular weight is 485 g/mol. The van der Waals surface area contributed by atoms with Crippen LogP contribution < -0.4 is 10.0 Å². The third kappa shape index (κ3) is 4.94. The highest BCUT2D eigenvalue weighted by molar-refractivity contribution is 7.90. The topological polar surface area (TPSA) is 127 Å². The molecule has 0 bridgehead atoms. The highest BCUT2D eigenvalue weighted by Crippen LogP contribution is 2.25. The van der Waals surface area contributed by atoms with Crippen LogP contribution in [0.1, 0.15) is 19.4 Å². The molecule has 1 aliphatic rings. The number of esters is 1. The number of sulfonamides is 1. The van der Waals surface area contributed by atoms with Gasteiger partial charge in [0.2, 0.25) is 0 Å². The SMILES string of the molecule is C[C@H](OC(=O)[C@@H](C)N=C1NS(=O)(=O)c2ccccc21)C(=O)Nc1nc(-c2ccccc2)cs1. The van der Waals surface area contributed by atoms with E-state index in [0.717, 1.165) is 11.3 Å². The molecule has 0 spiro atoms. The van der Waals surface area contributed by atoms with Gasteiger partial charge in [-0.3, -0.25) is 19.8 Å². The number of aliphatic imine (C=N–C) groups is 1. The first-order valence-corrected chi connectivity index (χ1v) is 12.3. The molecule has 1 aromatic heterocycles. The second-order valence-corrected chi connectivity index (χ2v) is 9.74. The summed E-state index contributed by atoms with van der Waals surface area (Å²) >= 11 is 1.26. The predicted molar refractivity (Wildman–Crippen MR) is 124 cm³/mol. The van der Waals surface area contributed by atoms with E-state index in [4.69, 9.17) is 4.74 Å². The van der Waals surface area contributed by atoms with Gasteiger partial charge >= 0.3 is 5.97 Å². The summed E-state index contributed by atoms with van der Waals surface area (Å²) in [6.07, 6.45) is -1.10. The molecular weight excluding hydrogens is 464 g/mol. The number of anilines is 1. The highest BCUT2D eigenvalue weighted by atomic mass is 32.2. The summed E-state index contributed by atoms with van der Waals surface area (Å²) < 4.78 is 31.9. The smallest absolute Gasteiger partial charge is 0.331 e. The first-order chi connectivity index (χ1) is 15.7. The fourth-order valence-corrected chi connectivity index (χ4v) is 5.04. The second-order valence-electron chi connectivity index (χ2n) is 7.23. The van der Waals surface area contributed by atoms with E-state index in [-0.39, 0.29) is 10.7 Å². The number of carbonyl (C=O) groups excluding carboxylic acids is 2. The molecule has 9 nitrogen and oxygen atoms in total. The monoisotopic (exact) mass is 484 g/mol. The number of hydrogen-bond donors (Lipinski definition) is 2. The van der Waals surface area contributed by atoms with Gasteiger partial charge in [-0.1, -0.05) is 42.5 Å². The molecule has 0 aliphatic carbocycles. The minimum Gasteiger partial charge on any atom is -0.451 e. The van der Waals surface area contributed by atoms with Crippen molar-refractivity contribution in [1.82, 2.24) is 9.71 Å². The van der Waals surface area contributed by atoms with Crippen LogP contribution in [-0.2, 0) is 24.3 Å². The summed E-state index contributed by atoms with van der Waals surface area (Å²) in [5.41, 5.74) is 2.02. The molecule has 2 atom stereocenters. The lowest BCUT2D eigenvalue weighted by Gasteiger charge is -2.14. The molecule has 0 saturated carbocycles. The van der Waals surface area contributed by atoms with Crippen molar-refractivity contribution in [2.24, 2.45) is 4.99 Å². The number of amidine groups is 1. The number of ether oxygens (including phenoxy) is 1. The largest absolute Gasteiger partial charge is 0.451 e. The van der Waals surface area contributed by atoms with Gasteiger partial charge in [-0.05, 0) is 26.0 Å². The van der Waals surface area contributed by atoms with Crippen molar-refractivity contribution in [2.45, 2.75) is 30.9 Å². The van der Waals surface area contributed by atoms with Gasteiger partial charge in [-0.25, -0.2) is 18.2 Å². The number of nitrogens with one attached hydrogen (secondary N) is 2. The lowest BCUT2D eigenvalue weighted by Crippen LogP contribution is -2.33. The van der Waals surface area contributed by atoms with E-state index in [1.54, 1.807) is 18.2 Å². The van der Waals surface area contributed by atoms with Gasteiger partial charge in [0.25, 0.3) is 15.9 Å². The molecule has 2 heterocycles. The average Bonchev–Trinajstić information content (AvgIpc) is 3.36. The number of amides is 1. The van der Waals surface area contributed by atoms with Crippen molar-refractivity contribution in [3.63, 3.8) is 0 Å². The molecule has 170 valence electrons. The van der Waals surface area contributed by atoms with Crippen LogP contribution in [0.25, 0.3) is 11.3 Å². The molecule has 4 rings (SSSR count). The number of thiazole rings is 1. The fraction of sp³-hybridized carbons (Fsp3) is 0.182. The fourth-order valence-electron chi connectivity index (χ4n) is 3.08. The van der Waals surface area contributed by atoms with Crippen LogP contribution in [0.3, 0.4) is 0 Å². The number of carbonyl (C=O) groups is 2. The molecule has 2 N–H and O–H groups in total. The molecule has 11 heteroatoms. The lowest BCUT2D eigenvalue weighted by atomic mass is 10.2. The molecule has 3 aromatic rings. The van der Waals surface area contributed by atoms with Crippen molar-refractivity contribution in [3.05, 3.63) is 65.5 Å². The Bertz CT molecular complexity index is 1340. The summed E-state index contributed by atoms with van der Waals surface area (Å²) in [5, 5.41) is 4.84. The van der Waals surface area contributed by atoms with Crippen molar-refractivity contribution >= 4 is 44.2 Å².